The standard InChI is InChI=1S/C17H20N2O3S/c1-21-14-8-7-12(9-15(14)22-2)13-10-23-17(18-13)19-16(20)11-5-3-4-6-11/h7-11H,3-6H2,1-2H3,(H,18,19,20). The molecule has 0 bridgehead atoms. The first kappa shape index (κ1) is 15.8. The van der Waals surface area contributed by atoms with Gasteiger partial charge in [0.05, 0.1) is 19.9 Å². The molecule has 1 aliphatic rings. The van der Waals surface area contributed by atoms with Crippen molar-refractivity contribution in [2.75, 3.05) is 19.5 Å². The summed E-state index contributed by atoms with van der Waals surface area (Å²) in [5, 5.41) is 5.52. The van der Waals surface area contributed by atoms with Crippen LogP contribution in [0.5, 0.6) is 11.5 Å². The average molecular weight is 332 g/mol. The number of nitrogens with one attached hydrogen (secondary N) is 1. The Morgan fingerprint density at radius 1 is 1.22 bits per heavy atom. The molecule has 2 aromatic rings. The maximum atomic E-state index is 12.2. The van der Waals surface area contributed by atoms with E-state index in [1.165, 1.54) is 11.3 Å². The number of nitrogens with zero attached hydrogens (tertiary/aromatic N) is 1. The molecule has 1 aromatic carbocycles. The van der Waals surface area contributed by atoms with Gasteiger partial charge >= 0.3 is 0 Å². The van der Waals surface area contributed by atoms with Crippen molar-refractivity contribution in [2.45, 2.75) is 25.7 Å². The number of ether oxygens (including phenoxy) is 2. The molecule has 1 fully saturated rings. The summed E-state index contributed by atoms with van der Waals surface area (Å²) >= 11 is 1.44. The fourth-order valence-electron chi connectivity index (χ4n) is 2.85. The van der Waals surface area contributed by atoms with Gasteiger partial charge in [-0.05, 0) is 31.0 Å². The van der Waals surface area contributed by atoms with Crippen LogP contribution < -0.4 is 14.8 Å². The highest BCUT2D eigenvalue weighted by Crippen LogP contribution is 2.34. The molecule has 23 heavy (non-hydrogen) atoms. The normalized spacial score (nSPS) is 14.7. The van der Waals surface area contributed by atoms with Gasteiger partial charge in [-0.15, -0.1) is 11.3 Å². The summed E-state index contributed by atoms with van der Waals surface area (Å²) in [5.41, 5.74) is 1.75. The SMILES string of the molecule is COc1ccc(-c2csc(NC(=O)C3CCCC3)n2)cc1OC. The molecule has 0 unspecified atom stereocenters. The Balaban J connectivity index is 1.75. The van der Waals surface area contributed by atoms with Crippen LogP contribution in [0.3, 0.4) is 0 Å². The van der Waals surface area contributed by atoms with Crippen molar-refractivity contribution in [3.63, 3.8) is 0 Å². The van der Waals surface area contributed by atoms with E-state index in [1.54, 1.807) is 14.2 Å². The molecule has 0 radical (unpaired) electrons. The predicted molar refractivity (Wildman–Crippen MR) is 91.2 cm³/mol. The third-order valence-electron chi connectivity index (χ3n) is 4.14. The summed E-state index contributed by atoms with van der Waals surface area (Å²) < 4.78 is 10.6. The third-order valence-corrected chi connectivity index (χ3v) is 4.90. The molecule has 0 atom stereocenters. The topological polar surface area (TPSA) is 60.5 Å². The van der Waals surface area contributed by atoms with E-state index in [0.717, 1.165) is 36.9 Å². The van der Waals surface area contributed by atoms with Crippen molar-refractivity contribution in [1.82, 2.24) is 4.98 Å². The average Bonchev–Trinajstić information content (AvgIpc) is 3.25. The minimum atomic E-state index is 0.0933. The van der Waals surface area contributed by atoms with Crippen LogP contribution in [0.4, 0.5) is 5.13 Å². The Hall–Kier alpha value is -2.08. The molecule has 5 nitrogen and oxygen atoms in total. The first-order valence-corrected chi connectivity index (χ1v) is 8.58. The molecule has 0 aliphatic heterocycles. The maximum Gasteiger partial charge on any atom is 0.229 e. The third kappa shape index (κ3) is 3.47. The van der Waals surface area contributed by atoms with E-state index < -0.39 is 0 Å². The monoisotopic (exact) mass is 332 g/mol. The number of carbonyl (C=O) groups is 1. The lowest BCUT2D eigenvalue weighted by Gasteiger charge is -2.08. The molecular weight excluding hydrogens is 312 g/mol. The van der Waals surface area contributed by atoms with Crippen LogP contribution in [0.25, 0.3) is 11.3 Å². The van der Waals surface area contributed by atoms with Gasteiger partial charge in [0, 0.05) is 16.9 Å². The summed E-state index contributed by atoms with van der Waals surface area (Å²) in [5.74, 6) is 1.58. The lowest BCUT2D eigenvalue weighted by atomic mass is 10.1. The molecule has 122 valence electrons. The van der Waals surface area contributed by atoms with Gasteiger partial charge in [-0.1, -0.05) is 12.8 Å². The lowest BCUT2D eigenvalue weighted by molar-refractivity contribution is -0.119. The van der Waals surface area contributed by atoms with Crippen molar-refractivity contribution in [2.24, 2.45) is 5.92 Å². The Bertz CT molecular complexity index is 693. The zero-order chi connectivity index (χ0) is 16.2. The fraction of sp³-hybridized carbons (Fsp3) is 0.412. The number of carbonyl (C=O) groups excluding carboxylic acids is 1. The van der Waals surface area contributed by atoms with Crippen molar-refractivity contribution >= 4 is 22.4 Å². The van der Waals surface area contributed by atoms with Crippen LogP contribution in [-0.2, 0) is 4.79 Å². The molecule has 1 aromatic heterocycles. The largest absolute Gasteiger partial charge is 0.493 e. The number of hydrogen-bond donors (Lipinski definition) is 1. The Morgan fingerprint density at radius 3 is 2.65 bits per heavy atom. The number of benzene rings is 1. The summed E-state index contributed by atoms with van der Waals surface area (Å²) in [6.07, 6.45) is 4.26. The second kappa shape index (κ2) is 7.00. The van der Waals surface area contributed by atoms with Crippen molar-refractivity contribution in [3.05, 3.63) is 23.6 Å². The first-order chi connectivity index (χ1) is 11.2. The van der Waals surface area contributed by atoms with Crippen molar-refractivity contribution < 1.29 is 14.3 Å². The Morgan fingerprint density at radius 2 is 1.96 bits per heavy atom. The molecule has 1 N–H and O–H groups in total. The number of amides is 1. The van der Waals surface area contributed by atoms with E-state index in [0.29, 0.717) is 16.6 Å². The van der Waals surface area contributed by atoms with Crippen molar-refractivity contribution in [1.29, 1.82) is 0 Å². The van der Waals surface area contributed by atoms with Crippen LogP contribution in [0, 0.1) is 5.92 Å². The van der Waals surface area contributed by atoms with E-state index in [1.807, 2.05) is 23.6 Å². The minimum Gasteiger partial charge on any atom is -0.493 e. The maximum absolute atomic E-state index is 12.2. The van der Waals surface area contributed by atoms with E-state index in [9.17, 15) is 4.79 Å². The molecular formula is C17H20N2O3S. The highest BCUT2D eigenvalue weighted by molar-refractivity contribution is 7.14. The molecule has 1 amide bonds. The highest BCUT2D eigenvalue weighted by Gasteiger charge is 2.23. The molecule has 1 aliphatic carbocycles. The molecule has 1 saturated carbocycles. The quantitative estimate of drug-likeness (QED) is 0.900. The molecule has 6 heteroatoms. The lowest BCUT2D eigenvalue weighted by Crippen LogP contribution is -2.20. The van der Waals surface area contributed by atoms with Gasteiger partial charge in [0.15, 0.2) is 16.6 Å². The van der Waals surface area contributed by atoms with Gasteiger partial charge in [0.1, 0.15) is 0 Å². The van der Waals surface area contributed by atoms with Crippen LogP contribution in [0.15, 0.2) is 23.6 Å². The summed E-state index contributed by atoms with van der Waals surface area (Å²) in [4.78, 5) is 16.7. The van der Waals surface area contributed by atoms with Crippen LogP contribution in [0.1, 0.15) is 25.7 Å². The smallest absolute Gasteiger partial charge is 0.229 e. The summed E-state index contributed by atoms with van der Waals surface area (Å²) in [7, 11) is 3.22. The number of methoxy groups -OCH3 is 2. The second-order valence-corrected chi connectivity index (χ2v) is 6.44. The molecule has 0 saturated heterocycles. The zero-order valence-electron chi connectivity index (χ0n) is 13.3. The molecule has 3 rings (SSSR count). The van der Waals surface area contributed by atoms with Gasteiger partial charge in [-0.25, -0.2) is 4.98 Å². The van der Waals surface area contributed by atoms with E-state index in [2.05, 4.69) is 10.3 Å². The van der Waals surface area contributed by atoms with Gasteiger partial charge in [0.25, 0.3) is 0 Å². The van der Waals surface area contributed by atoms with Crippen molar-refractivity contribution in [3.8, 4) is 22.8 Å². The van der Waals surface area contributed by atoms with Gasteiger partial charge in [-0.3, -0.25) is 4.79 Å². The molecule has 1 heterocycles. The Kier molecular flexibility index (Phi) is 4.81. The number of thiazole rings is 1. The minimum absolute atomic E-state index is 0.0933. The second-order valence-electron chi connectivity index (χ2n) is 5.58. The number of anilines is 1. The summed E-state index contributed by atoms with van der Waals surface area (Å²) in [6.45, 7) is 0. The van der Waals surface area contributed by atoms with Crippen LogP contribution in [0.2, 0.25) is 0 Å². The zero-order valence-corrected chi connectivity index (χ0v) is 14.1. The van der Waals surface area contributed by atoms with Crippen LogP contribution in [-0.4, -0.2) is 25.1 Å². The molecule has 0 spiro atoms. The van der Waals surface area contributed by atoms with E-state index >= 15 is 0 Å². The van der Waals surface area contributed by atoms with E-state index in [4.69, 9.17) is 9.47 Å². The number of aromatic nitrogens is 1. The Labute approximate surface area is 139 Å². The van der Waals surface area contributed by atoms with Crippen LogP contribution >= 0.6 is 11.3 Å². The number of hydrogen-bond acceptors (Lipinski definition) is 5. The van der Waals surface area contributed by atoms with Gasteiger partial charge < -0.3 is 14.8 Å². The highest BCUT2D eigenvalue weighted by atomic mass is 32.1. The van der Waals surface area contributed by atoms with Gasteiger partial charge in [-0.2, -0.15) is 0 Å². The number of rotatable bonds is 5. The first-order valence-electron chi connectivity index (χ1n) is 7.70. The van der Waals surface area contributed by atoms with E-state index in [-0.39, 0.29) is 11.8 Å². The summed E-state index contributed by atoms with van der Waals surface area (Å²) in [6, 6.07) is 5.67. The van der Waals surface area contributed by atoms with Gasteiger partial charge in [0.2, 0.25) is 5.91 Å². The fourth-order valence-corrected chi connectivity index (χ4v) is 3.58. The predicted octanol–water partition coefficient (Wildman–Crippen LogP) is 3.96.